The van der Waals surface area contributed by atoms with Gasteiger partial charge >= 0.3 is 0 Å². The van der Waals surface area contributed by atoms with Gasteiger partial charge in [0.25, 0.3) is 0 Å². The average Bonchev–Trinajstić information content (AvgIpc) is 3.03. The van der Waals surface area contributed by atoms with Gasteiger partial charge in [-0.05, 0) is 36.4 Å². The van der Waals surface area contributed by atoms with Crippen molar-refractivity contribution in [2.75, 3.05) is 0 Å². The van der Waals surface area contributed by atoms with Gasteiger partial charge in [-0.3, -0.25) is 19.9 Å². The molecule has 0 spiro atoms. The van der Waals surface area contributed by atoms with E-state index in [9.17, 15) is 0 Å². The van der Waals surface area contributed by atoms with Gasteiger partial charge in [0.05, 0.1) is 46.6 Å². The van der Waals surface area contributed by atoms with Gasteiger partial charge < -0.3 is 0 Å². The van der Waals surface area contributed by atoms with Gasteiger partial charge in [0.15, 0.2) is 0 Å². The molecule has 0 saturated heterocycles. The van der Waals surface area contributed by atoms with Crippen LogP contribution in [0.3, 0.4) is 0 Å². The number of pyridine rings is 4. The van der Waals surface area contributed by atoms with Crippen LogP contribution >= 0.6 is 0 Å². The zero-order valence-corrected chi connectivity index (χ0v) is 21.4. The highest BCUT2D eigenvalue weighted by Crippen LogP contribution is 2.33. The minimum atomic E-state index is 0.751. The number of hydrogen-bond donors (Lipinski definition) is 0. The molecule has 4 aromatic heterocycles. The predicted octanol–water partition coefficient (Wildman–Crippen LogP) is 7.25. The first-order chi connectivity index (χ1) is 19.8. The highest BCUT2D eigenvalue weighted by molar-refractivity contribution is 6.22. The molecule has 1 aliphatic heterocycles. The van der Waals surface area contributed by atoms with E-state index in [2.05, 4.69) is 68.5 Å². The van der Waals surface area contributed by atoms with Crippen molar-refractivity contribution in [2.45, 2.75) is 0 Å². The normalized spacial score (nSPS) is 12.3. The molecule has 6 aromatic rings. The first kappa shape index (κ1) is 23.5. The smallest absolute Gasteiger partial charge is 0.0914 e. The van der Waals surface area contributed by atoms with Crippen molar-refractivity contribution in [3.8, 4) is 22.5 Å². The van der Waals surface area contributed by atoms with E-state index >= 15 is 0 Å². The maximum atomic E-state index is 5.17. The Kier molecular flexibility index (Phi) is 6.03. The molecule has 5 heterocycles. The maximum Gasteiger partial charge on any atom is 0.0914 e. The Hall–Kier alpha value is -5.62. The third kappa shape index (κ3) is 4.48. The number of aromatic nitrogens is 4. The molecule has 0 saturated carbocycles. The first-order valence-corrected chi connectivity index (χ1v) is 12.9. The Morgan fingerprint density at radius 1 is 0.375 bits per heavy atom. The fourth-order valence-corrected chi connectivity index (χ4v) is 4.82. The Balaban J connectivity index is 1.34. The van der Waals surface area contributed by atoms with E-state index in [1.165, 1.54) is 0 Å². The van der Waals surface area contributed by atoms with E-state index in [-0.39, 0.29) is 0 Å². The van der Waals surface area contributed by atoms with Crippen LogP contribution < -0.4 is 0 Å². The summed E-state index contributed by atoms with van der Waals surface area (Å²) in [4.78, 5) is 28.1. The maximum absolute atomic E-state index is 5.17. The van der Waals surface area contributed by atoms with Crippen LogP contribution in [0.4, 0.5) is 11.4 Å². The van der Waals surface area contributed by atoms with Gasteiger partial charge in [0.1, 0.15) is 0 Å². The molecule has 0 radical (unpaired) electrons. The van der Waals surface area contributed by atoms with Gasteiger partial charge in [-0.15, -0.1) is 0 Å². The van der Waals surface area contributed by atoms with Crippen LogP contribution in [-0.2, 0) is 0 Å². The first-order valence-electron chi connectivity index (χ1n) is 12.9. The van der Waals surface area contributed by atoms with Crippen LogP contribution in [0.2, 0.25) is 0 Å². The molecular weight excluding hydrogens is 492 g/mol. The Morgan fingerprint density at radius 3 is 1.20 bits per heavy atom. The summed E-state index contributed by atoms with van der Waals surface area (Å²) in [6.45, 7) is 0. The van der Waals surface area contributed by atoms with Gasteiger partial charge in [0, 0.05) is 58.2 Å². The van der Waals surface area contributed by atoms with Crippen molar-refractivity contribution in [1.29, 1.82) is 0 Å². The lowest BCUT2D eigenvalue weighted by Crippen LogP contribution is -2.10. The standard InChI is InChI=1S/C34H22N6/c1-3-17-37-29(5-1)23-7-11-25(12-8-23)33-27-15-19-35-21-31(27)40-34(28-16-20-36-22-32(28)39-33)26-13-9-24(10-14-26)30-6-2-4-18-38-30/h1-22H. The fourth-order valence-electron chi connectivity index (χ4n) is 4.82. The minimum Gasteiger partial charge on any atom is -0.262 e. The van der Waals surface area contributed by atoms with Gasteiger partial charge in [0.2, 0.25) is 0 Å². The Bertz CT molecular complexity index is 1720. The molecule has 40 heavy (non-hydrogen) atoms. The van der Waals surface area contributed by atoms with Crippen molar-refractivity contribution in [2.24, 2.45) is 9.98 Å². The summed E-state index contributed by atoms with van der Waals surface area (Å²) in [5.74, 6) is 0. The molecule has 0 bridgehead atoms. The lowest BCUT2D eigenvalue weighted by Gasteiger charge is -2.17. The van der Waals surface area contributed by atoms with Crippen molar-refractivity contribution >= 4 is 22.8 Å². The number of rotatable bonds is 4. The molecule has 6 heteroatoms. The summed E-state index contributed by atoms with van der Waals surface area (Å²) in [5, 5.41) is 0. The van der Waals surface area contributed by atoms with Crippen molar-refractivity contribution < 1.29 is 0 Å². The monoisotopic (exact) mass is 514 g/mol. The van der Waals surface area contributed by atoms with Crippen molar-refractivity contribution in [1.82, 2.24) is 19.9 Å². The molecule has 0 atom stereocenters. The summed E-state index contributed by atoms with van der Waals surface area (Å²) >= 11 is 0. The van der Waals surface area contributed by atoms with E-state index in [1.54, 1.807) is 37.2 Å². The van der Waals surface area contributed by atoms with E-state index < -0.39 is 0 Å². The Labute approximate surface area is 231 Å². The lowest BCUT2D eigenvalue weighted by molar-refractivity contribution is 1.26. The van der Waals surface area contributed by atoms with E-state index in [4.69, 9.17) is 9.98 Å². The second kappa shape index (κ2) is 10.3. The number of fused-ring (bicyclic) bond motifs is 2. The molecule has 0 aliphatic carbocycles. The lowest BCUT2D eigenvalue weighted by atomic mass is 9.96. The topological polar surface area (TPSA) is 76.3 Å². The van der Waals surface area contributed by atoms with Gasteiger partial charge in [-0.2, -0.15) is 0 Å². The minimum absolute atomic E-state index is 0.751. The summed E-state index contributed by atoms with van der Waals surface area (Å²) in [7, 11) is 0. The molecule has 188 valence electrons. The molecular formula is C34H22N6. The number of hydrogen-bond acceptors (Lipinski definition) is 6. The largest absolute Gasteiger partial charge is 0.262 e. The fraction of sp³-hybridized carbons (Fsp3) is 0. The summed E-state index contributed by atoms with van der Waals surface area (Å²) in [6.07, 6.45) is 10.7. The van der Waals surface area contributed by atoms with Gasteiger partial charge in [-0.1, -0.05) is 60.7 Å². The zero-order valence-electron chi connectivity index (χ0n) is 21.4. The van der Waals surface area contributed by atoms with Crippen molar-refractivity contribution in [3.05, 3.63) is 156 Å². The summed E-state index contributed by atoms with van der Waals surface area (Å²) < 4.78 is 0. The third-order valence-electron chi connectivity index (χ3n) is 6.81. The van der Waals surface area contributed by atoms with E-state index in [0.717, 1.165) is 67.6 Å². The number of nitrogens with zero attached hydrogens (tertiary/aromatic N) is 6. The van der Waals surface area contributed by atoms with Crippen LogP contribution in [0, 0.1) is 0 Å². The summed E-state index contributed by atoms with van der Waals surface area (Å²) in [6, 6.07) is 32.3. The highest BCUT2D eigenvalue weighted by atomic mass is 14.9. The average molecular weight is 515 g/mol. The molecule has 0 unspecified atom stereocenters. The molecule has 0 amide bonds. The summed E-state index contributed by atoms with van der Waals surface area (Å²) in [5.41, 5.74) is 10.8. The number of aliphatic imine (C=N–C) groups is 2. The molecule has 7 rings (SSSR count). The van der Waals surface area contributed by atoms with Crippen LogP contribution in [0.25, 0.3) is 22.5 Å². The third-order valence-corrected chi connectivity index (χ3v) is 6.81. The van der Waals surface area contributed by atoms with Crippen LogP contribution in [0.1, 0.15) is 22.3 Å². The zero-order chi connectivity index (χ0) is 26.7. The second-order valence-corrected chi connectivity index (χ2v) is 9.29. The quantitative estimate of drug-likeness (QED) is 0.248. The number of benzene rings is 2. The van der Waals surface area contributed by atoms with Crippen LogP contribution in [-0.4, -0.2) is 31.4 Å². The van der Waals surface area contributed by atoms with Crippen LogP contribution in [0.5, 0.6) is 0 Å². The SMILES string of the molecule is c1ccc(-c2ccc(C3=Nc4cnccc4C(c4ccc(-c5ccccn5)cc4)=Nc4cnccc43)cc2)nc1. The molecule has 6 nitrogen and oxygen atoms in total. The second-order valence-electron chi connectivity index (χ2n) is 9.29. The molecule has 1 aliphatic rings. The van der Waals surface area contributed by atoms with Crippen molar-refractivity contribution in [3.63, 3.8) is 0 Å². The Morgan fingerprint density at radius 2 is 0.800 bits per heavy atom. The van der Waals surface area contributed by atoms with E-state index in [0.29, 0.717) is 0 Å². The molecule has 2 aromatic carbocycles. The van der Waals surface area contributed by atoms with Crippen LogP contribution in [0.15, 0.2) is 144 Å². The highest BCUT2D eigenvalue weighted by Gasteiger charge is 2.20. The predicted molar refractivity (Wildman–Crippen MR) is 158 cm³/mol. The van der Waals surface area contributed by atoms with Gasteiger partial charge in [-0.25, -0.2) is 9.98 Å². The van der Waals surface area contributed by atoms with E-state index in [1.807, 2.05) is 48.5 Å². The molecule has 0 N–H and O–H groups in total. The molecule has 0 fully saturated rings.